The monoisotopic (exact) mass is 214 g/mol. The van der Waals surface area contributed by atoms with Crippen LogP contribution in [0.4, 0.5) is 0 Å². The lowest BCUT2D eigenvalue weighted by atomic mass is 10.1. The van der Waals surface area contributed by atoms with E-state index in [0.717, 1.165) is 11.1 Å². The standard InChI is InChI=1S/C11H10N4O/c12-15-11(16)10-13-6-9(7-14-10)8-4-2-1-3-5-8/h1-7H,12H2,(H,15,16). The van der Waals surface area contributed by atoms with E-state index >= 15 is 0 Å². The number of hydrogen-bond acceptors (Lipinski definition) is 4. The summed E-state index contributed by atoms with van der Waals surface area (Å²) in [6, 6.07) is 9.68. The molecule has 16 heavy (non-hydrogen) atoms. The van der Waals surface area contributed by atoms with Gasteiger partial charge in [-0.2, -0.15) is 0 Å². The highest BCUT2D eigenvalue weighted by Gasteiger charge is 2.06. The third-order valence-electron chi connectivity index (χ3n) is 2.09. The van der Waals surface area contributed by atoms with Crippen LogP contribution in [0.2, 0.25) is 0 Å². The van der Waals surface area contributed by atoms with Crippen LogP contribution < -0.4 is 11.3 Å². The van der Waals surface area contributed by atoms with Crippen LogP contribution in [0.15, 0.2) is 42.7 Å². The van der Waals surface area contributed by atoms with E-state index in [1.165, 1.54) is 0 Å². The Morgan fingerprint density at radius 3 is 2.25 bits per heavy atom. The van der Waals surface area contributed by atoms with Crippen molar-refractivity contribution in [2.75, 3.05) is 0 Å². The molecule has 0 bridgehead atoms. The fourth-order valence-electron chi connectivity index (χ4n) is 1.29. The van der Waals surface area contributed by atoms with Crippen molar-refractivity contribution in [3.8, 4) is 11.1 Å². The summed E-state index contributed by atoms with van der Waals surface area (Å²) in [5, 5.41) is 0. The number of nitrogens with zero attached hydrogens (tertiary/aromatic N) is 2. The summed E-state index contributed by atoms with van der Waals surface area (Å²) >= 11 is 0. The fourth-order valence-corrected chi connectivity index (χ4v) is 1.29. The van der Waals surface area contributed by atoms with E-state index in [2.05, 4.69) is 9.97 Å². The van der Waals surface area contributed by atoms with Crippen LogP contribution in [-0.4, -0.2) is 15.9 Å². The summed E-state index contributed by atoms with van der Waals surface area (Å²) in [6.45, 7) is 0. The zero-order valence-electron chi connectivity index (χ0n) is 8.42. The summed E-state index contributed by atoms with van der Waals surface area (Å²) in [5.41, 5.74) is 3.83. The molecule has 3 N–H and O–H groups in total. The predicted octanol–water partition coefficient (Wildman–Crippen LogP) is 0.747. The van der Waals surface area contributed by atoms with E-state index in [-0.39, 0.29) is 5.82 Å². The molecule has 1 heterocycles. The molecule has 1 aromatic heterocycles. The number of amides is 1. The molecule has 1 aromatic carbocycles. The Morgan fingerprint density at radius 1 is 1.06 bits per heavy atom. The molecule has 80 valence electrons. The highest BCUT2D eigenvalue weighted by atomic mass is 16.2. The van der Waals surface area contributed by atoms with Gasteiger partial charge in [-0.05, 0) is 5.56 Å². The van der Waals surface area contributed by atoms with Crippen molar-refractivity contribution in [1.82, 2.24) is 15.4 Å². The van der Waals surface area contributed by atoms with Crippen molar-refractivity contribution in [3.63, 3.8) is 0 Å². The molecule has 1 amide bonds. The number of hydrazine groups is 1. The Bertz CT molecular complexity index is 481. The number of nitrogen functional groups attached to an aromatic ring is 1. The zero-order valence-corrected chi connectivity index (χ0v) is 8.42. The first-order valence-electron chi connectivity index (χ1n) is 4.69. The molecule has 0 aliphatic rings. The first kappa shape index (κ1) is 10.3. The molecular weight excluding hydrogens is 204 g/mol. The molecule has 0 aliphatic heterocycles. The number of hydrogen-bond donors (Lipinski definition) is 2. The Kier molecular flexibility index (Phi) is 2.88. The minimum Gasteiger partial charge on any atom is -0.287 e. The minimum atomic E-state index is -0.500. The lowest BCUT2D eigenvalue weighted by molar-refractivity contribution is 0.0943. The predicted molar refractivity (Wildman–Crippen MR) is 59.1 cm³/mol. The lowest BCUT2D eigenvalue weighted by Gasteiger charge is -2.01. The molecule has 5 nitrogen and oxygen atoms in total. The highest BCUT2D eigenvalue weighted by Crippen LogP contribution is 2.16. The second kappa shape index (κ2) is 4.50. The molecule has 0 unspecified atom stereocenters. The maximum atomic E-state index is 11.1. The van der Waals surface area contributed by atoms with Crippen LogP contribution in [0.3, 0.4) is 0 Å². The molecule has 0 atom stereocenters. The molecule has 2 aromatic rings. The summed E-state index contributed by atoms with van der Waals surface area (Å²) in [7, 11) is 0. The van der Waals surface area contributed by atoms with Gasteiger partial charge in [0.2, 0.25) is 5.82 Å². The SMILES string of the molecule is NNC(=O)c1ncc(-c2ccccc2)cn1. The number of carbonyl (C=O) groups excluding carboxylic acids is 1. The van der Waals surface area contributed by atoms with E-state index in [1.54, 1.807) is 12.4 Å². The van der Waals surface area contributed by atoms with Crippen LogP contribution in [-0.2, 0) is 0 Å². The lowest BCUT2D eigenvalue weighted by Crippen LogP contribution is -2.31. The normalized spacial score (nSPS) is 9.81. The Morgan fingerprint density at radius 2 is 1.69 bits per heavy atom. The van der Waals surface area contributed by atoms with Gasteiger partial charge >= 0.3 is 5.91 Å². The number of benzene rings is 1. The van der Waals surface area contributed by atoms with Crippen LogP contribution in [0, 0.1) is 0 Å². The molecule has 0 aliphatic carbocycles. The number of aromatic nitrogens is 2. The second-order valence-corrected chi connectivity index (χ2v) is 3.13. The van der Waals surface area contributed by atoms with E-state index < -0.39 is 5.91 Å². The number of nitrogens with two attached hydrogens (primary N) is 1. The van der Waals surface area contributed by atoms with E-state index in [0.29, 0.717) is 0 Å². The molecule has 0 spiro atoms. The molecule has 0 fully saturated rings. The minimum absolute atomic E-state index is 0.0576. The zero-order chi connectivity index (χ0) is 11.4. The van der Waals surface area contributed by atoms with Gasteiger partial charge in [-0.1, -0.05) is 30.3 Å². The van der Waals surface area contributed by atoms with Gasteiger partial charge in [0.15, 0.2) is 0 Å². The third kappa shape index (κ3) is 2.04. The average Bonchev–Trinajstić information content (AvgIpc) is 2.39. The van der Waals surface area contributed by atoms with E-state index in [9.17, 15) is 4.79 Å². The number of carbonyl (C=O) groups is 1. The van der Waals surface area contributed by atoms with Gasteiger partial charge in [-0.25, -0.2) is 15.8 Å². The van der Waals surface area contributed by atoms with Gasteiger partial charge in [-0.3, -0.25) is 10.2 Å². The molecule has 0 radical (unpaired) electrons. The van der Waals surface area contributed by atoms with Crippen molar-refractivity contribution >= 4 is 5.91 Å². The second-order valence-electron chi connectivity index (χ2n) is 3.13. The van der Waals surface area contributed by atoms with Gasteiger partial charge < -0.3 is 0 Å². The largest absolute Gasteiger partial charge is 0.302 e. The smallest absolute Gasteiger partial charge is 0.287 e. The Hall–Kier alpha value is -2.27. The van der Waals surface area contributed by atoms with E-state index in [1.807, 2.05) is 35.8 Å². The number of rotatable bonds is 2. The van der Waals surface area contributed by atoms with Crippen molar-refractivity contribution in [3.05, 3.63) is 48.5 Å². The van der Waals surface area contributed by atoms with Crippen molar-refractivity contribution < 1.29 is 4.79 Å². The molecule has 5 heteroatoms. The van der Waals surface area contributed by atoms with Crippen LogP contribution in [0.25, 0.3) is 11.1 Å². The Labute approximate surface area is 92.3 Å². The Balaban J connectivity index is 2.30. The molecule has 0 saturated heterocycles. The average molecular weight is 214 g/mol. The maximum Gasteiger partial charge on any atom is 0.302 e. The first-order valence-corrected chi connectivity index (χ1v) is 4.69. The summed E-state index contributed by atoms with van der Waals surface area (Å²) < 4.78 is 0. The highest BCUT2D eigenvalue weighted by molar-refractivity contribution is 5.89. The maximum absolute atomic E-state index is 11.1. The molecular formula is C11H10N4O. The van der Waals surface area contributed by atoms with Crippen LogP contribution in [0.1, 0.15) is 10.6 Å². The summed E-state index contributed by atoms with van der Waals surface area (Å²) in [6.07, 6.45) is 3.18. The fraction of sp³-hybridized carbons (Fsp3) is 0. The van der Waals surface area contributed by atoms with E-state index in [4.69, 9.17) is 5.84 Å². The van der Waals surface area contributed by atoms with Gasteiger partial charge in [0.25, 0.3) is 0 Å². The van der Waals surface area contributed by atoms with Crippen LogP contribution in [0.5, 0.6) is 0 Å². The summed E-state index contributed by atoms with van der Waals surface area (Å²) in [5.74, 6) is 4.53. The van der Waals surface area contributed by atoms with Crippen LogP contribution >= 0.6 is 0 Å². The molecule has 2 rings (SSSR count). The topological polar surface area (TPSA) is 80.9 Å². The van der Waals surface area contributed by atoms with Gasteiger partial charge in [0, 0.05) is 18.0 Å². The summed E-state index contributed by atoms with van der Waals surface area (Å²) in [4.78, 5) is 18.9. The first-order chi connectivity index (χ1) is 7.81. The van der Waals surface area contributed by atoms with Gasteiger partial charge in [0.05, 0.1) is 0 Å². The molecule has 0 saturated carbocycles. The van der Waals surface area contributed by atoms with Crippen molar-refractivity contribution in [1.29, 1.82) is 0 Å². The quantitative estimate of drug-likeness (QED) is 0.439. The third-order valence-corrected chi connectivity index (χ3v) is 2.09. The van der Waals surface area contributed by atoms with Crippen molar-refractivity contribution in [2.24, 2.45) is 5.84 Å². The van der Waals surface area contributed by atoms with Crippen molar-refractivity contribution in [2.45, 2.75) is 0 Å². The number of nitrogens with one attached hydrogen (secondary N) is 1. The van der Waals surface area contributed by atoms with Gasteiger partial charge in [0.1, 0.15) is 0 Å². The van der Waals surface area contributed by atoms with Gasteiger partial charge in [-0.15, -0.1) is 0 Å².